The highest BCUT2D eigenvalue weighted by atomic mass is 35.5. The molecule has 0 aliphatic rings. The third-order valence-corrected chi connectivity index (χ3v) is 4.03. The summed E-state index contributed by atoms with van der Waals surface area (Å²) in [4.78, 5) is 14.5. The molecule has 0 bridgehead atoms. The van der Waals surface area contributed by atoms with Gasteiger partial charge >= 0.3 is 6.18 Å². The van der Waals surface area contributed by atoms with E-state index < -0.39 is 17.6 Å². The topological polar surface area (TPSA) is 75.1 Å². The van der Waals surface area contributed by atoms with Gasteiger partial charge in [0.15, 0.2) is 0 Å². The number of aromatic amines is 1. The van der Waals surface area contributed by atoms with E-state index in [9.17, 15) is 18.0 Å². The highest BCUT2D eigenvalue weighted by Crippen LogP contribution is 2.31. The molecule has 3 rings (SSSR count). The minimum Gasteiger partial charge on any atom is -0.357 e. The molecule has 0 aliphatic carbocycles. The van der Waals surface area contributed by atoms with Gasteiger partial charge in [0, 0.05) is 6.20 Å². The number of hydrogen-bond acceptors (Lipinski definition) is 3. The van der Waals surface area contributed by atoms with E-state index in [4.69, 9.17) is 11.6 Å². The minimum absolute atomic E-state index is 0.0738. The molecule has 0 saturated carbocycles. The van der Waals surface area contributed by atoms with Crippen LogP contribution in [0.15, 0.2) is 47.7 Å². The Hall–Kier alpha value is -3.07. The average Bonchev–Trinajstić information content (AvgIpc) is 3.25. The van der Waals surface area contributed by atoms with Crippen LogP contribution < -0.4 is 5.43 Å². The number of H-pyrrole nitrogens is 1. The second-order valence-corrected chi connectivity index (χ2v) is 5.89. The van der Waals surface area contributed by atoms with Gasteiger partial charge in [-0.25, -0.2) is 10.1 Å². The van der Waals surface area contributed by atoms with Crippen molar-refractivity contribution in [3.8, 4) is 5.69 Å². The fourth-order valence-corrected chi connectivity index (χ4v) is 2.65. The van der Waals surface area contributed by atoms with Crippen LogP contribution in [0.1, 0.15) is 27.3 Å². The summed E-state index contributed by atoms with van der Waals surface area (Å²) in [6.45, 7) is 1.63. The fraction of sp³-hybridized carbons (Fsp3) is 0.118. The number of carbonyl (C=O) groups excluding carboxylic acids is 1. The van der Waals surface area contributed by atoms with Gasteiger partial charge in [-0.05, 0) is 37.3 Å². The van der Waals surface area contributed by atoms with Crippen LogP contribution in [0.2, 0.25) is 5.15 Å². The summed E-state index contributed by atoms with van der Waals surface area (Å²) in [5, 5.41) is 8.05. The first-order chi connectivity index (χ1) is 12.8. The number of carbonyl (C=O) groups is 1. The predicted molar refractivity (Wildman–Crippen MR) is 94.2 cm³/mol. The smallest absolute Gasteiger partial charge is 0.357 e. The number of aromatic nitrogens is 3. The van der Waals surface area contributed by atoms with E-state index >= 15 is 0 Å². The molecule has 3 aromatic rings. The van der Waals surface area contributed by atoms with E-state index in [0.29, 0.717) is 17.0 Å². The molecule has 0 atom stereocenters. The van der Waals surface area contributed by atoms with E-state index in [1.807, 2.05) is 0 Å². The summed E-state index contributed by atoms with van der Waals surface area (Å²) in [5.74, 6) is -0.449. The third kappa shape index (κ3) is 4.03. The molecule has 2 N–H and O–H groups in total. The summed E-state index contributed by atoms with van der Waals surface area (Å²) < 4.78 is 39.9. The Balaban J connectivity index is 1.85. The molecule has 0 spiro atoms. The lowest BCUT2D eigenvalue weighted by molar-refractivity contribution is -0.137. The third-order valence-electron chi connectivity index (χ3n) is 3.67. The van der Waals surface area contributed by atoms with Crippen LogP contribution >= 0.6 is 11.6 Å². The molecule has 1 amide bonds. The Labute approximate surface area is 156 Å². The van der Waals surface area contributed by atoms with Crippen LogP contribution in [0, 0.1) is 6.92 Å². The lowest BCUT2D eigenvalue weighted by Crippen LogP contribution is -2.17. The standard InChI is InChI=1S/C17H13ClF3N5O/c1-10-13(9-23-24-16(27)14-6-3-7-22-14)15(18)26(25-10)12-5-2-4-11(8-12)17(19,20)21/h2-9,22H,1H3,(H,24,27)/b23-9-. The largest absolute Gasteiger partial charge is 0.416 e. The molecule has 10 heteroatoms. The van der Waals surface area contributed by atoms with Gasteiger partial charge in [0.05, 0.1) is 28.7 Å². The van der Waals surface area contributed by atoms with Crippen LogP contribution in [0.4, 0.5) is 13.2 Å². The Morgan fingerprint density at radius 1 is 1.33 bits per heavy atom. The number of halogens is 4. The van der Waals surface area contributed by atoms with E-state index in [2.05, 4.69) is 20.6 Å². The number of hydrazone groups is 1. The first-order valence-corrected chi connectivity index (χ1v) is 8.04. The van der Waals surface area contributed by atoms with Crippen molar-refractivity contribution >= 4 is 23.7 Å². The molecule has 0 fully saturated rings. The van der Waals surface area contributed by atoms with Crippen molar-refractivity contribution in [1.82, 2.24) is 20.2 Å². The monoisotopic (exact) mass is 395 g/mol. The number of amides is 1. The van der Waals surface area contributed by atoms with Crippen LogP contribution in [0.5, 0.6) is 0 Å². The van der Waals surface area contributed by atoms with Gasteiger partial charge in [0.1, 0.15) is 10.8 Å². The summed E-state index contributed by atoms with van der Waals surface area (Å²) >= 11 is 6.25. The van der Waals surface area contributed by atoms with Gasteiger partial charge in [-0.15, -0.1) is 0 Å². The summed E-state index contributed by atoms with van der Waals surface area (Å²) in [7, 11) is 0. The van der Waals surface area contributed by atoms with E-state index in [0.717, 1.165) is 12.1 Å². The molecule has 27 heavy (non-hydrogen) atoms. The zero-order valence-electron chi connectivity index (χ0n) is 13.9. The van der Waals surface area contributed by atoms with Crippen molar-refractivity contribution in [2.75, 3.05) is 0 Å². The number of benzene rings is 1. The number of rotatable bonds is 4. The number of aryl methyl sites for hydroxylation is 1. The molecule has 0 aliphatic heterocycles. The first-order valence-electron chi connectivity index (χ1n) is 7.67. The van der Waals surface area contributed by atoms with Crippen LogP contribution in [0.3, 0.4) is 0 Å². The normalized spacial score (nSPS) is 11.9. The number of hydrogen-bond donors (Lipinski definition) is 2. The molecular weight excluding hydrogens is 383 g/mol. The highest BCUT2D eigenvalue weighted by molar-refractivity contribution is 6.32. The van der Waals surface area contributed by atoms with Crippen LogP contribution in [0.25, 0.3) is 5.69 Å². The van der Waals surface area contributed by atoms with Gasteiger partial charge in [0.2, 0.25) is 0 Å². The summed E-state index contributed by atoms with van der Waals surface area (Å²) in [5.41, 5.74) is 2.82. The quantitative estimate of drug-likeness (QED) is 0.518. The summed E-state index contributed by atoms with van der Waals surface area (Å²) in [6, 6.07) is 7.89. The Morgan fingerprint density at radius 3 is 2.78 bits per heavy atom. The maximum Gasteiger partial charge on any atom is 0.416 e. The molecule has 1 aromatic carbocycles. The molecule has 2 heterocycles. The molecule has 0 unspecified atom stereocenters. The SMILES string of the molecule is Cc1nn(-c2cccc(C(F)(F)F)c2)c(Cl)c1/C=N\NC(=O)c1ccc[nH]1. The Kier molecular flexibility index (Phi) is 5.04. The number of nitrogens with one attached hydrogen (secondary N) is 2. The number of alkyl halides is 3. The van der Waals surface area contributed by atoms with E-state index in [-0.39, 0.29) is 10.8 Å². The lowest BCUT2D eigenvalue weighted by Gasteiger charge is -2.09. The molecule has 140 valence electrons. The maximum atomic E-state index is 12.9. The van der Waals surface area contributed by atoms with Gasteiger partial charge in [-0.3, -0.25) is 4.79 Å². The lowest BCUT2D eigenvalue weighted by atomic mass is 10.2. The zero-order valence-corrected chi connectivity index (χ0v) is 14.6. The Morgan fingerprint density at radius 2 is 2.11 bits per heavy atom. The van der Waals surface area contributed by atoms with Crippen molar-refractivity contribution in [2.45, 2.75) is 13.1 Å². The van der Waals surface area contributed by atoms with Crippen LogP contribution in [-0.4, -0.2) is 26.9 Å². The van der Waals surface area contributed by atoms with Crippen molar-refractivity contribution in [3.63, 3.8) is 0 Å². The fourth-order valence-electron chi connectivity index (χ4n) is 2.33. The molecule has 6 nitrogen and oxygen atoms in total. The molecular formula is C17H13ClF3N5O. The van der Waals surface area contributed by atoms with Gasteiger partial charge in [0.25, 0.3) is 5.91 Å². The van der Waals surface area contributed by atoms with E-state index in [1.165, 1.54) is 23.0 Å². The van der Waals surface area contributed by atoms with Gasteiger partial charge in [-0.2, -0.15) is 23.4 Å². The highest BCUT2D eigenvalue weighted by Gasteiger charge is 2.30. The first kappa shape index (κ1) is 18.7. The van der Waals surface area contributed by atoms with Crippen molar-refractivity contribution in [1.29, 1.82) is 0 Å². The molecule has 0 saturated heterocycles. The predicted octanol–water partition coefficient (Wildman–Crippen LogP) is 3.94. The second-order valence-electron chi connectivity index (χ2n) is 5.53. The summed E-state index contributed by atoms with van der Waals surface area (Å²) in [6.07, 6.45) is -1.59. The average molecular weight is 396 g/mol. The van der Waals surface area contributed by atoms with Crippen molar-refractivity contribution in [2.24, 2.45) is 5.10 Å². The number of nitrogens with zero attached hydrogens (tertiary/aromatic N) is 3. The molecule has 2 aromatic heterocycles. The second kappa shape index (κ2) is 7.28. The Bertz CT molecular complexity index is 993. The van der Waals surface area contributed by atoms with Gasteiger partial charge < -0.3 is 4.98 Å². The maximum absolute atomic E-state index is 12.9. The molecule has 0 radical (unpaired) electrons. The van der Waals surface area contributed by atoms with Crippen molar-refractivity contribution in [3.05, 3.63) is 70.3 Å². The van der Waals surface area contributed by atoms with Crippen molar-refractivity contribution < 1.29 is 18.0 Å². The van der Waals surface area contributed by atoms with Crippen LogP contribution in [-0.2, 0) is 6.18 Å². The van der Waals surface area contributed by atoms with Gasteiger partial charge in [-0.1, -0.05) is 17.7 Å². The minimum atomic E-state index is -4.48. The van der Waals surface area contributed by atoms with E-state index in [1.54, 1.807) is 25.3 Å². The zero-order chi connectivity index (χ0) is 19.6.